The molecule has 0 aliphatic carbocycles. The summed E-state index contributed by atoms with van der Waals surface area (Å²) < 4.78 is 10.3. The molecule has 0 spiro atoms. The van der Waals surface area contributed by atoms with E-state index in [9.17, 15) is 4.79 Å². The summed E-state index contributed by atoms with van der Waals surface area (Å²) in [5.74, 6) is 1.34. The van der Waals surface area contributed by atoms with Gasteiger partial charge in [-0.05, 0) is 12.1 Å². The number of ketones is 1. The molecule has 3 heteroatoms. The van der Waals surface area contributed by atoms with E-state index in [4.69, 9.17) is 9.47 Å². The first-order chi connectivity index (χ1) is 7.38. The van der Waals surface area contributed by atoms with Gasteiger partial charge in [0.05, 0.1) is 14.2 Å². The van der Waals surface area contributed by atoms with Crippen molar-refractivity contribution in [1.29, 1.82) is 0 Å². The minimum atomic E-state index is -0.405. The summed E-state index contributed by atoms with van der Waals surface area (Å²) in [5.41, 5.74) is 0.209. The molecule has 1 aromatic carbocycles. The van der Waals surface area contributed by atoms with Crippen LogP contribution in [0.3, 0.4) is 0 Å². The third-order valence-electron chi connectivity index (χ3n) is 2.29. The minimum absolute atomic E-state index is 0.0738. The standard InChI is InChI=1S/C13H18O3/c1-13(2,3)12(14)9-6-10(15-4)8-11(7-9)16-5/h6-8H,1-5H3. The molecule has 3 nitrogen and oxygen atoms in total. The second-order valence-electron chi connectivity index (χ2n) is 4.68. The van der Waals surface area contributed by atoms with E-state index in [2.05, 4.69) is 0 Å². The van der Waals surface area contributed by atoms with Crippen molar-refractivity contribution < 1.29 is 14.3 Å². The average Bonchev–Trinajstić information content (AvgIpc) is 2.26. The fourth-order valence-corrected chi connectivity index (χ4v) is 1.37. The van der Waals surface area contributed by atoms with Crippen LogP contribution in [0.15, 0.2) is 18.2 Å². The molecule has 0 N–H and O–H groups in total. The monoisotopic (exact) mass is 222 g/mol. The van der Waals surface area contributed by atoms with Crippen LogP contribution >= 0.6 is 0 Å². The summed E-state index contributed by atoms with van der Waals surface area (Å²) in [5, 5.41) is 0. The number of carbonyl (C=O) groups excluding carboxylic acids is 1. The molecule has 0 saturated heterocycles. The third kappa shape index (κ3) is 2.75. The molecule has 0 aliphatic heterocycles. The van der Waals surface area contributed by atoms with Gasteiger partial charge < -0.3 is 9.47 Å². The van der Waals surface area contributed by atoms with Crippen LogP contribution in [0.5, 0.6) is 11.5 Å². The van der Waals surface area contributed by atoms with Gasteiger partial charge in [-0.2, -0.15) is 0 Å². The summed E-state index contributed by atoms with van der Waals surface area (Å²) in [7, 11) is 3.14. The molecule has 16 heavy (non-hydrogen) atoms. The lowest BCUT2D eigenvalue weighted by atomic mass is 9.86. The van der Waals surface area contributed by atoms with Crippen molar-refractivity contribution in [2.24, 2.45) is 5.41 Å². The molecule has 0 unspecified atom stereocenters. The predicted octanol–water partition coefficient (Wildman–Crippen LogP) is 2.93. The minimum Gasteiger partial charge on any atom is -0.497 e. The maximum absolute atomic E-state index is 12.1. The van der Waals surface area contributed by atoms with Gasteiger partial charge in [0.15, 0.2) is 5.78 Å². The molecule has 0 saturated carbocycles. The van der Waals surface area contributed by atoms with E-state index in [1.54, 1.807) is 32.4 Å². The molecule has 1 rings (SSSR count). The zero-order valence-corrected chi connectivity index (χ0v) is 10.5. The fraction of sp³-hybridized carbons (Fsp3) is 0.462. The first kappa shape index (κ1) is 12.6. The number of ether oxygens (including phenoxy) is 2. The first-order valence-electron chi connectivity index (χ1n) is 5.16. The quantitative estimate of drug-likeness (QED) is 0.738. The Morgan fingerprint density at radius 2 is 1.44 bits per heavy atom. The normalized spacial score (nSPS) is 11.1. The van der Waals surface area contributed by atoms with Crippen molar-refractivity contribution in [3.8, 4) is 11.5 Å². The summed E-state index contributed by atoms with van der Waals surface area (Å²) >= 11 is 0. The lowest BCUT2D eigenvalue weighted by Gasteiger charge is -2.17. The molecule has 1 aromatic rings. The van der Waals surface area contributed by atoms with Gasteiger partial charge in [0.25, 0.3) is 0 Å². The van der Waals surface area contributed by atoms with Gasteiger partial charge in [-0.3, -0.25) is 4.79 Å². The maximum Gasteiger partial charge on any atom is 0.168 e. The lowest BCUT2D eigenvalue weighted by Crippen LogP contribution is -2.20. The highest BCUT2D eigenvalue weighted by atomic mass is 16.5. The van der Waals surface area contributed by atoms with E-state index in [1.807, 2.05) is 20.8 Å². The average molecular weight is 222 g/mol. The van der Waals surface area contributed by atoms with Crippen molar-refractivity contribution in [2.75, 3.05) is 14.2 Å². The topological polar surface area (TPSA) is 35.5 Å². The Balaban J connectivity index is 3.18. The summed E-state index contributed by atoms with van der Waals surface area (Å²) in [4.78, 5) is 12.1. The molecule has 88 valence electrons. The zero-order chi connectivity index (χ0) is 12.3. The van der Waals surface area contributed by atoms with Crippen molar-refractivity contribution >= 4 is 5.78 Å². The van der Waals surface area contributed by atoms with E-state index in [0.29, 0.717) is 17.1 Å². The van der Waals surface area contributed by atoms with Crippen LogP contribution < -0.4 is 9.47 Å². The Bertz CT molecular complexity index is 366. The Morgan fingerprint density at radius 1 is 1.00 bits per heavy atom. The van der Waals surface area contributed by atoms with Gasteiger partial charge in [0.2, 0.25) is 0 Å². The van der Waals surface area contributed by atoms with Crippen molar-refractivity contribution in [3.63, 3.8) is 0 Å². The summed E-state index contributed by atoms with van der Waals surface area (Å²) in [6.07, 6.45) is 0. The zero-order valence-electron chi connectivity index (χ0n) is 10.5. The van der Waals surface area contributed by atoms with Crippen molar-refractivity contribution in [1.82, 2.24) is 0 Å². The number of hydrogen-bond donors (Lipinski definition) is 0. The maximum atomic E-state index is 12.1. The predicted molar refractivity (Wildman–Crippen MR) is 63.3 cm³/mol. The van der Waals surface area contributed by atoms with Crippen LogP contribution in [0.1, 0.15) is 31.1 Å². The van der Waals surface area contributed by atoms with E-state index in [-0.39, 0.29) is 5.78 Å². The highest BCUT2D eigenvalue weighted by Gasteiger charge is 2.23. The van der Waals surface area contributed by atoms with Crippen LogP contribution in [0.25, 0.3) is 0 Å². The molecule has 0 bridgehead atoms. The number of carbonyl (C=O) groups is 1. The summed E-state index contributed by atoms with van der Waals surface area (Å²) in [6, 6.07) is 5.21. The van der Waals surface area contributed by atoms with Crippen molar-refractivity contribution in [3.05, 3.63) is 23.8 Å². The van der Waals surface area contributed by atoms with Gasteiger partial charge in [-0.15, -0.1) is 0 Å². The lowest BCUT2D eigenvalue weighted by molar-refractivity contribution is 0.0857. The third-order valence-corrected chi connectivity index (χ3v) is 2.29. The smallest absolute Gasteiger partial charge is 0.168 e. The highest BCUT2D eigenvalue weighted by Crippen LogP contribution is 2.27. The van der Waals surface area contributed by atoms with E-state index >= 15 is 0 Å². The molecule has 0 amide bonds. The van der Waals surface area contributed by atoms with Crippen LogP contribution in [0.4, 0.5) is 0 Å². The molecule has 0 heterocycles. The van der Waals surface area contributed by atoms with Crippen LogP contribution in [0, 0.1) is 5.41 Å². The number of hydrogen-bond acceptors (Lipinski definition) is 3. The Hall–Kier alpha value is -1.51. The fourth-order valence-electron chi connectivity index (χ4n) is 1.37. The van der Waals surface area contributed by atoms with Crippen LogP contribution in [0.2, 0.25) is 0 Å². The second-order valence-corrected chi connectivity index (χ2v) is 4.68. The number of rotatable bonds is 3. The van der Waals surface area contributed by atoms with Crippen molar-refractivity contribution in [2.45, 2.75) is 20.8 Å². The first-order valence-corrected chi connectivity index (χ1v) is 5.16. The molecular formula is C13H18O3. The Kier molecular flexibility index (Phi) is 3.58. The number of benzene rings is 1. The van der Waals surface area contributed by atoms with Crippen LogP contribution in [-0.2, 0) is 0 Å². The molecule has 0 radical (unpaired) electrons. The highest BCUT2D eigenvalue weighted by molar-refractivity contribution is 6.00. The van der Waals surface area contributed by atoms with Gasteiger partial charge in [-0.1, -0.05) is 20.8 Å². The summed E-state index contributed by atoms with van der Waals surface area (Å²) in [6.45, 7) is 5.67. The largest absolute Gasteiger partial charge is 0.497 e. The van der Waals surface area contributed by atoms with Gasteiger partial charge in [-0.25, -0.2) is 0 Å². The van der Waals surface area contributed by atoms with Crippen LogP contribution in [-0.4, -0.2) is 20.0 Å². The Labute approximate surface area is 96.4 Å². The second kappa shape index (κ2) is 4.56. The number of methoxy groups -OCH3 is 2. The van der Waals surface area contributed by atoms with Gasteiger partial charge in [0, 0.05) is 17.0 Å². The van der Waals surface area contributed by atoms with E-state index in [0.717, 1.165) is 0 Å². The Morgan fingerprint density at radius 3 is 1.75 bits per heavy atom. The van der Waals surface area contributed by atoms with E-state index in [1.165, 1.54) is 0 Å². The molecule has 0 aliphatic rings. The van der Waals surface area contributed by atoms with Gasteiger partial charge >= 0.3 is 0 Å². The van der Waals surface area contributed by atoms with E-state index < -0.39 is 5.41 Å². The molecule has 0 aromatic heterocycles. The number of Topliss-reactive ketones (excluding diaryl/α,β-unsaturated/α-hetero) is 1. The molecule has 0 atom stereocenters. The molecule has 0 fully saturated rings. The SMILES string of the molecule is COc1cc(OC)cc(C(=O)C(C)(C)C)c1. The van der Waals surface area contributed by atoms with Gasteiger partial charge in [0.1, 0.15) is 11.5 Å². The molecular weight excluding hydrogens is 204 g/mol.